The Morgan fingerprint density at radius 3 is 2.17 bits per heavy atom. The number of hydrogen-bond acceptors (Lipinski definition) is 3. The van der Waals surface area contributed by atoms with Crippen LogP contribution >= 0.6 is 46.4 Å². The third-order valence-electron chi connectivity index (χ3n) is 2.01. The Labute approximate surface area is 124 Å². The summed E-state index contributed by atoms with van der Waals surface area (Å²) in [6.45, 7) is 0.186. The van der Waals surface area contributed by atoms with Crippen molar-refractivity contribution >= 4 is 46.4 Å². The fourth-order valence-electron chi connectivity index (χ4n) is 1.23. The van der Waals surface area contributed by atoms with Crippen LogP contribution in [-0.2, 0) is 6.61 Å². The van der Waals surface area contributed by atoms with Gasteiger partial charge in [-0.25, -0.2) is 0 Å². The van der Waals surface area contributed by atoms with E-state index in [0.717, 1.165) is 0 Å². The number of nitrogens with zero attached hydrogens (tertiary/aromatic N) is 2. The highest BCUT2D eigenvalue weighted by Crippen LogP contribution is 2.36. The van der Waals surface area contributed by atoms with Crippen molar-refractivity contribution in [2.45, 2.75) is 6.61 Å². The van der Waals surface area contributed by atoms with Crippen molar-refractivity contribution in [3.63, 3.8) is 0 Å². The molecule has 0 saturated carbocycles. The zero-order valence-corrected chi connectivity index (χ0v) is 11.9. The molecule has 0 spiro atoms. The highest BCUT2D eigenvalue weighted by Gasteiger charge is 2.09. The number of halogens is 4. The van der Waals surface area contributed by atoms with E-state index in [1.165, 1.54) is 0 Å². The van der Waals surface area contributed by atoms with Crippen LogP contribution in [-0.4, -0.2) is 10.2 Å². The van der Waals surface area contributed by atoms with Gasteiger partial charge >= 0.3 is 0 Å². The Hall–Kier alpha value is -0.740. The van der Waals surface area contributed by atoms with Crippen LogP contribution in [0.3, 0.4) is 0 Å². The molecule has 0 amide bonds. The van der Waals surface area contributed by atoms with Gasteiger partial charge in [0.2, 0.25) is 0 Å². The van der Waals surface area contributed by atoms with Gasteiger partial charge in [-0.15, -0.1) is 5.10 Å². The molecule has 0 N–H and O–H groups in total. The van der Waals surface area contributed by atoms with Crippen LogP contribution in [0.2, 0.25) is 20.2 Å². The number of aromatic nitrogens is 2. The van der Waals surface area contributed by atoms with Crippen molar-refractivity contribution in [3.8, 4) is 5.75 Å². The maximum Gasteiger partial charge on any atom is 0.157 e. The molecule has 7 heteroatoms. The standard InChI is InChI=1S/C11H6Cl4N2O/c12-6-3-8(13)11(9(14)4-6)18-5-7-1-2-10(15)17-16-7/h1-4H,5H2. The minimum absolute atomic E-state index is 0.186. The van der Waals surface area contributed by atoms with Crippen molar-refractivity contribution in [2.24, 2.45) is 0 Å². The zero-order chi connectivity index (χ0) is 13.1. The van der Waals surface area contributed by atoms with Crippen molar-refractivity contribution in [1.29, 1.82) is 0 Å². The van der Waals surface area contributed by atoms with Crippen LogP contribution < -0.4 is 4.74 Å². The summed E-state index contributed by atoms with van der Waals surface area (Å²) in [5.41, 5.74) is 0.612. The van der Waals surface area contributed by atoms with E-state index < -0.39 is 0 Å². The molecular formula is C11H6Cl4N2O. The molecule has 1 aromatic carbocycles. The molecule has 0 aliphatic heterocycles. The Morgan fingerprint density at radius 1 is 0.944 bits per heavy atom. The highest BCUT2D eigenvalue weighted by atomic mass is 35.5. The molecule has 0 bridgehead atoms. The number of rotatable bonds is 3. The second-order valence-electron chi connectivity index (χ2n) is 3.33. The SMILES string of the molecule is Clc1cc(Cl)c(OCc2ccc(Cl)nn2)c(Cl)c1. The first kappa shape index (κ1) is 13.7. The molecule has 0 saturated heterocycles. The summed E-state index contributed by atoms with van der Waals surface area (Å²) < 4.78 is 5.48. The lowest BCUT2D eigenvalue weighted by Crippen LogP contribution is -2.00. The van der Waals surface area contributed by atoms with Crippen molar-refractivity contribution in [1.82, 2.24) is 10.2 Å². The Balaban J connectivity index is 2.13. The van der Waals surface area contributed by atoms with E-state index in [4.69, 9.17) is 51.1 Å². The summed E-state index contributed by atoms with van der Waals surface area (Å²) in [5.74, 6) is 0.361. The molecule has 2 rings (SSSR count). The Morgan fingerprint density at radius 2 is 1.61 bits per heavy atom. The van der Waals surface area contributed by atoms with Gasteiger partial charge in [0.05, 0.1) is 10.0 Å². The van der Waals surface area contributed by atoms with Crippen LogP contribution in [0, 0.1) is 0 Å². The van der Waals surface area contributed by atoms with E-state index in [9.17, 15) is 0 Å². The molecule has 1 heterocycles. The topological polar surface area (TPSA) is 35.0 Å². The van der Waals surface area contributed by atoms with Crippen LogP contribution in [0.4, 0.5) is 0 Å². The molecule has 0 unspecified atom stereocenters. The zero-order valence-electron chi connectivity index (χ0n) is 8.83. The summed E-state index contributed by atoms with van der Waals surface area (Å²) in [6, 6.07) is 6.43. The van der Waals surface area contributed by atoms with Gasteiger partial charge in [-0.3, -0.25) is 0 Å². The first-order valence-electron chi connectivity index (χ1n) is 4.81. The molecule has 18 heavy (non-hydrogen) atoms. The number of ether oxygens (including phenoxy) is 1. The van der Waals surface area contributed by atoms with Crippen LogP contribution in [0.1, 0.15) is 5.69 Å². The molecule has 3 nitrogen and oxygen atoms in total. The van der Waals surface area contributed by atoms with E-state index in [2.05, 4.69) is 10.2 Å². The summed E-state index contributed by atoms with van der Waals surface area (Å²) in [4.78, 5) is 0. The molecule has 0 radical (unpaired) electrons. The molecule has 0 fully saturated rings. The van der Waals surface area contributed by atoms with Gasteiger partial charge in [0.15, 0.2) is 10.9 Å². The van der Waals surface area contributed by atoms with Gasteiger partial charge in [-0.1, -0.05) is 46.4 Å². The first-order chi connectivity index (χ1) is 8.56. The van der Waals surface area contributed by atoms with Crippen molar-refractivity contribution in [3.05, 3.63) is 50.2 Å². The van der Waals surface area contributed by atoms with E-state index in [-0.39, 0.29) is 6.61 Å². The molecule has 94 valence electrons. The van der Waals surface area contributed by atoms with Gasteiger partial charge in [-0.05, 0) is 24.3 Å². The van der Waals surface area contributed by atoms with Gasteiger partial charge in [0, 0.05) is 5.02 Å². The second kappa shape index (κ2) is 5.93. The smallest absolute Gasteiger partial charge is 0.157 e. The predicted molar refractivity (Wildman–Crippen MR) is 72.8 cm³/mol. The lowest BCUT2D eigenvalue weighted by Gasteiger charge is -2.09. The minimum Gasteiger partial charge on any atom is -0.484 e. The molecule has 0 atom stereocenters. The summed E-state index contributed by atoms with van der Waals surface area (Å²) in [6.07, 6.45) is 0. The summed E-state index contributed by atoms with van der Waals surface area (Å²) in [5, 5.41) is 9.00. The van der Waals surface area contributed by atoms with Crippen molar-refractivity contribution < 1.29 is 4.74 Å². The van der Waals surface area contributed by atoms with Crippen LogP contribution in [0.25, 0.3) is 0 Å². The second-order valence-corrected chi connectivity index (χ2v) is 4.97. The molecule has 2 aromatic rings. The van der Waals surface area contributed by atoms with Gasteiger partial charge in [0.25, 0.3) is 0 Å². The predicted octanol–water partition coefficient (Wildman–Crippen LogP) is 4.67. The Kier molecular flexibility index (Phi) is 4.51. The fourth-order valence-corrected chi connectivity index (χ4v) is 2.26. The summed E-state index contributed by atoms with van der Waals surface area (Å²) in [7, 11) is 0. The molecule has 0 aliphatic rings. The Bertz CT molecular complexity index is 536. The molecule has 0 aliphatic carbocycles. The van der Waals surface area contributed by atoms with Crippen LogP contribution in [0.15, 0.2) is 24.3 Å². The quantitative estimate of drug-likeness (QED) is 0.823. The van der Waals surface area contributed by atoms with Crippen molar-refractivity contribution in [2.75, 3.05) is 0 Å². The largest absolute Gasteiger partial charge is 0.484 e. The average Bonchev–Trinajstić information content (AvgIpc) is 2.30. The minimum atomic E-state index is 0.186. The monoisotopic (exact) mass is 322 g/mol. The molecule has 1 aromatic heterocycles. The van der Waals surface area contributed by atoms with E-state index in [0.29, 0.717) is 31.7 Å². The maximum absolute atomic E-state index is 5.98. The third kappa shape index (κ3) is 3.39. The first-order valence-corrected chi connectivity index (χ1v) is 6.33. The van der Waals surface area contributed by atoms with E-state index in [1.54, 1.807) is 24.3 Å². The summed E-state index contributed by atoms with van der Waals surface area (Å²) >= 11 is 23.4. The molecular weight excluding hydrogens is 318 g/mol. The lowest BCUT2D eigenvalue weighted by atomic mass is 10.3. The highest BCUT2D eigenvalue weighted by molar-refractivity contribution is 6.40. The average molecular weight is 324 g/mol. The fraction of sp³-hybridized carbons (Fsp3) is 0.0909. The lowest BCUT2D eigenvalue weighted by molar-refractivity contribution is 0.300. The van der Waals surface area contributed by atoms with Gasteiger partial charge < -0.3 is 4.74 Å². The van der Waals surface area contributed by atoms with E-state index in [1.807, 2.05) is 0 Å². The number of hydrogen-bond donors (Lipinski definition) is 0. The van der Waals surface area contributed by atoms with Crippen LogP contribution in [0.5, 0.6) is 5.75 Å². The normalized spacial score (nSPS) is 10.4. The maximum atomic E-state index is 5.98. The number of benzene rings is 1. The van der Waals surface area contributed by atoms with Gasteiger partial charge in [-0.2, -0.15) is 5.10 Å². The van der Waals surface area contributed by atoms with E-state index >= 15 is 0 Å². The van der Waals surface area contributed by atoms with Gasteiger partial charge in [0.1, 0.15) is 12.3 Å². The third-order valence-corrected chi connectivity index (χ3v) is 3.00.